The van der Waals surface area contributed by atoms with E-state index in [0.29, 0.717) is 12.8 Å². The largest absolute Gasteiger partial charge is 0.339 e. The zero-order valence-electron chi connectivity index (χ0n) is 11.0. The first kappa shape index (κ1) is 15.7. The molecule has 2 amide bonds. The average molecular weight is 318 g/mol. The fourth-order valence-corrected chi connectivity index (χ4v) is 2.47. The van der Waals surface area contributed by atoms with E-state index in [1.54, 1.807) is 0 Å². The number of rotatable bonds is 2. The van der Waals surface area contributed by atoms with Crippen molar-refractivity contribution in [2.75, 3.05) is 13.1 Å². The number of nitrogens with one attached hydrogen (secondary N) is 1. The van der Waals surface area contributed by atoms with Gasteiger partial charge in [-0.1, -0.05) is 11.6 Å². The van der Waals surface area contributed by atoms with Gasteiger partial charge >= 0.3 is 0 Å². The molecule has 1 aliphatic rings. The standard InChI is InChI=1S/C13H14ClF2N3O2/c14-9-6-10(15)8(5-11(9)16)13(21)19-3-1-7(2-4-19)12(20)18-17/h5-7H,1-4,17H2,(H,18,20). The summed E-state index contributed by atoms with van der Waals surface area (Å²) in [5.41, 5.74) is 1.70. The number of likely N-dealkylation sites (tertiary alicyclic amines) is 1. The third-order valence-electron chi connectivity index (χ3n) is 3.54. The van der Waals surface area contributed by atoms with E-state index in [-0.39, 0.29) is 35.5 Å². The lowest BCUT2D eigenvalue weighted by molar-refractivity contribution is -0.126. The molecule has 0 bridgehead atoms. The lowest BCUT2D eigenvalue weighted by Crippen LogP contribution is -2.44. The molecule has 3 N–H and O–H groups in total. The van der Waals surface area contributed by atoms with Crippen molar-refractivity contribution in [1.29, 1.82) is 0 Å². The summed E-state index contributed by atoms with van der Waals surface area (Å²) in [4.78, 5) is 24.9. The van der Waals surface area contributed by atoms with Crippen LogP contribution in [0.5, 0.6) is 0 Å². The first-order valence-electron chi connectivity index (χ1n) is 6.38. The van der Waals surface area contributed by atoms with Gasteiger partial charge in [0.25, 0.3) is 5.91 Å². The Morgan fingerprint density at radius 1 is 1.24 bits per heavy atom. The number of carbonyl (C=O) groups excluding carboxylic acids is 2. The molecule has 5 nitrogen and oxygen atoms in total. The van der Waals surface area contributed by atoms with Gasteiger partial charge in [-0.15, -0.1) is 0 Å². The number of amides is 2. The molecular formula is C13H14ClF2N3O2. The minimum absolute atomic E-state index is 0.272. The van der Waals surface area contributed by atoms with Crippen molar-refractivity contribution in [3.63, 3.8) is 0 Å². The second-order valence-electron chi connectivity index (χ2n) is 4.82. The highest BCUT2D eigenvalue weighted by molar-refractivity contribution is 6.30. The molecular weight excluding hydrogens is 304 g/mol. The van der Waals surface area contributed by atoms with Crippen LogP contribution in [0.3, 0.4) is 0 Å². The summed E-state index contributed by atoms with van der Waals surface area (Å²) >= 11 is 5.45. The molecule has 1 heterocycles. The summed E-state index contributed by atoms with van der Waals surface area (Å²) in [6.07, 6.45) is 0.846. The van der Waals surface area contributed by atoms with E-state index in [1.165, 1.54) is 4.90 Å². The van der Waals surface area contributed by atoms with Gasteiger partial charge in [0.15, 0.2) is 0 Å². The van der Waals surface area contributed by atoms with Crippen molar-refractivity contribution in [3.8, 4) is 0 Å². The van der Waals surface area contributed by atoms with Crippen molar-refractivity contribution >= 4 is 23.4 Å². The normalized spacial score (nSPS) is 15.9. The van der Waals surface area contributed by atoms with E-state index < -0.39 is 17.5 Å². The zero-order valence-corrected chi connectivity index (χ0v) is 11.8. The highest BCUT2D eigenvalue weighted by Gasteiger charge is 2.29. The summed E-state index contributed by atoms with van der Waals surface area (Å²) in [5.74, 6) is 2.16. The van der Waals surface area contributed by atoms with Crippen LogP contribution < -0.4 is 11.3 Å². The molecule has 0 unspecified atom stereocenters. The quantitative estimate of drug-likeness (QED) is 0.375. The van der Waals surface area contributed by atoms with E-state index in [4.69, 9.17) is 17.4 Å². The maximum absolute atomic E-state index is 13.7. The van der Waals surface area contributed by atoms with Crippen LogP contribution in [0.15, 0.2) is 12.1 Å². The minimum atomic E-state index is -0.867. The van der Waals surface area contributed by atoms with Crippen molar-refractivity contribution in [2.24, 2.45) is 11.8 Å². The minimum Gasteiger partial charge on any atom is -0.339 e. The molecule has 2 rings (SSSR count). The summed E-state index contributed by atoms with van der Waals surface area (Å²) in [5, 5.41) is -0.373. The lowest BCUT2D eigenvalue weighted by Gasteiger charge is -2.31. The molecule has 0 saturated carbocycles. The van der Waals surface area contributed by atoms with Gasteiger partial charge in [-0.3, -0.25) is 15.0 Å². The molecule has 0 spiro atoms. The SMILES string of the molecule is NNC(=O)C1CCN(C(=O)c2cc(F)c(Cl)cc2F)CC1. The molecule has 21 heavy (non-hydrogen) atoms. The number of hydrogen-bond acceptors (Lipinski definition) is 3. The first-order valence-corrected chi connectivity index (χ1v) is 6.76. The van der Waals surface area contributed by atoms with E-state index in [2.05, 4.69) is 5.43 Å². The third kappa shape index (κ3) is 3.30. The number of carbonyl (C=O) groups is 2. The second kappa shape index (κ2) is 6.36. The number of benzene rings is 1. The first-order chi connectivity index (χ1) is 9.93. The lowest BCUT2D eigenvalue weighted by atomic mass is 9.95. The summed E-state index contributed by atoms with van der Waals surface area (Å²) in [7, 11) is 0. The topological polar surface area (TPSA) is 75.4 Å². The van der Waals surface area contributed by atoms with Gasteiger partial charge < -0.3 is 4.90 Å². The summed E-state index contributed by atoms with van der Waals surface area (Å²) in [6, 6.07) is 1.57. The maximum atomic E-state index is 13.7. The van der Waals surface area contributed by atoms with Gasteiger partial charge in [-0.2, -0.15) is 0 Å². The van der Waals surface area contributed by atoms with Crippen LogP contribution in [0.1, 0.15) is 23.2 Å². The molecule has 1 saturated heterocycles. The number of nitrogens with zero attached hydrogens (tertiary/aromatic N) is 1. The third-order valence-corrected chi connectivity index (χ3v) is 3.83. The summed E-state index contributed by atoms with van der Waals surface area (Å²) in [6.45, 7) is 0.557. The predicted molar refractivity (Wildman–Crippen MR) is 72.3 cm³/mol. The molecule has 1 aliphatic heterocycles. The Hall–Kier alpha value is -1.73. The number of halogens is 3. The van der Waals surface area contributed by atoms with Gasteiger partial charge in [0.1, 0.15) is 11.6 Å². The van der Waals surface area contributed by atoms with Crippen LogP contribution in [-0.4, -0.2) is 29.8 Å². The number of hydrazine groups is 1. The molecule has 0 radical (unpaired) electrons. The number of piperidine rings is 1. The molecule has 1 fully saturated rings. The molecule has 0 aliphatic carbocycles. The second-order valence-corrected chi connectivity index (χ2v) is 5.23. The van der Waals surface area contributed by atoms with Gasteiger partial charge in [-0.05, 0) is 25.0 Å². The van der Waals surface area contributed by atoms with Crippen LogP contribution in [0.25, 0.3) is 0 Å². The van der Waals surface area contributed by atoms with Crippen LogP contribution in [0.4, 0.5) is 8.78 Å². The van der Waals surface area contributed by atoms with Crippen LogP contribution in [0.2, 0.25) is 5.02 Å². The van der Waals surface area contributed by atoms with Crippen molar-refractivity contribution in [3.05, 3.63) is 34.4 Å². The number of hydrogen-bond donors (Lipinski definition) is 2. The molecule has 1 aromatic carbocycles. The van der Waals surface area contributed by atoms with Gasteiger partial charge in [0.2, 0.25) is 5.91 Å². The Morgan fingerprint density at radius 2 is 1.86 bits per heavy atom. The highest BCUT2D eigenvalue weighted by atomic mass is 35.5. The van der Waals surface area contributed by atoms with Gasteiger partial charge in [-0.25, -0.2) is 14.6 Å². The number of nitrogens with two attached hydrogens (primary N) is 1. The Morgan fingerprint density at radius 3 is 2.43 bits per heavy atom. The van der Waals surface area contributed by atoms with Crippen molar-refractivity contribution in [1.82, 2.24) is 10.3 Å². The Bertz CT molecular complexity index is 575. The Balaban J connectivity index is 2.09. The fraction of sp³-hybridized carbons (Fsp3) is 0.385. The van der Waals surface area contributed by atoms with Crippen LogP contribution in [0, 0.1) is 17.6 Å². The van der Waals surface area contributed by atoms with Gasteiger partial charge in [0.05, 0.1) is 10.6 Å². The monoisotopic (exact) mass is 317 g/mol. The van der Waals surface area contributed by atoms with E-state index in [0.717, 1.165) is 12.1 Å². The highest BCUT2D eigenvalue weighted by Crippen LogP contribution is 2.23. The van der Waals surface area contributed by atoms with E-state index in [1.807, 2.05) is 0 Å². The molecule has 8 heteroatoms. The van der Waals surface area contributed by atoms with Crippen LogP contribution >= 0.6 is 11.6 Å². The molecule has 0 atom stereocenters. The molecule has 1 aromatic rings. The maximum Gasteiger partial charge on any atom is 0.256 e. The Kier molecular flexibility index (Phi) is 4.74. The van der Waals surface area contributed by atoms with Crippen molar-refractivity contribution in [2.45, 2.75) is 12.8 Å². The zero-order chi connectivity index (χ0) is 15.6. The molecule has 0 aromatic heterocycles. The molecule has 114 valence electrons. The van der Waals surface area contributed by atoms with E-state index >= 15 is 0 Å². The fourth-order valence-electron chi connectivity index (χ4n) is 2.32. The average Bonchev–Trinajstić information content (AvgIpc) is 2.49. The van der Waals surface area contributed by atoms with Crippen LogP contribution in [-0.2, 0) is 4.79 Å². The Labute approximate surface area is 125 Å². The smallest absolute Gasteiger partial charge is 0.256 e. The predicted octanol–water partition coefficient (Wildman–Crippen LogP) is 1.46. The summed E-state index contributed by atoms with van der Waals surface area (Å²) < 4.78 is 27.1. The van der Waals surface area contributed by atoms with E-state index in [9.17, 15) is 18.4 Å². The van der Waals surface area contributed by atoms with Gasteiger partial charge in [0, 0.05) is 19.0 Å². The van der Waals surface area contributed by atoms with Crippen molar-refractivity contribution < 1.29 is 18.4 Å².